The largest absolute Gasteiger partial charge is 0.350 e. The van der Waals surface area contributed by atoms with Crippen LogP contribution in [-0.2, 0) is 7.05 Å². The highest BCUT2D eigenvalue weighted by atomic mass is 19.1. The Morgan fingerprint density at radius 2 is 2.19 bits per heavy atom. The first-order chi connectivity index (χ1) is 7.75. The van der Waals surface area contributed by atoms with E-state index in [0.29, 0.717) is 5.69 Å². The molecule has 0 amide bonds. The van der Waals surface area contributed by atoms with Crippen LogP contribution in [0.15, 0.2) is 47.7 Å². The zero-order chi connectivity index (χ0) is 11.4. The number of aryl methyl sites for hydroxylation is 1. The minimum Gasteiger partial charge on any atom is -0.350 e. The molecule has 0 fully saturated rings. The molecule has 0 saturated heterocycles. The number of benzene rings is 1. The Morgan fingerprint density at radius 1 is 1.31 bits per heavy atom. The zero-order valence-corrected chi connectivity index (χ0v) is 8.89. The maximum Gasteiger partial charge on any atom is 0.125 e. The van der Waals surface area contributed by atoms with Crippen molar-refractivity contribution in [1.82, 2.24) is 4.57 Å². The molecule has 1 aromatic carbocycles. The molecule has 3 nitrogen and oxygen atoms in total. The van der Waals surface area contributed by atoms with Crippen molar-refractivity contribution < 1.29 is 4.39 Å². The summed E-state index contributed by atoms with van der Waals surface area (Å²) in [7, 11) is 1.93. The summed E-state index contributed by atoms with van der Waals surface area (Å²) in [6.07, 6.45) is 3.62. The third kappa shape index (κ3) is 2.48. The van der Waals surface area contributed by atoms with Gasteiger partial charge < -0.3 is 4.57 Å². The second-order valence-corrected chi connectivity index (χ2v) is 3.42. The fraction of sp³-hybridized carbons (Fsp3) is 0.0833. The van der Waals surface area contributed by atoms with E-state index in [2.05, 4.69) is 10.5 Å². The number of halogens is 1. The zero-order valence-electron chi connectivity index (χ0n) is 8.89. The number of rotatable bonds is 3. The Morgan fingerprint density at radius 3 is 2.88 bits per heavy atom. The smallest absolute Gasteiger partial charge is 0.125 e. The predicted molar refractivity (Wildman–Crippen MR) is 63.0 cm³/mol. The van der Waals surface area contributed by atoms with Gasteiger partial charge in [-0.05, 0) is 30.3 Å². The van der Waals surface area contributed by atoms with Crippen molar-refractivity contribution >= 4 is 11.9 Å². The molecule has 4 heteroatoms. The summed E-state index contributed by atoms with van der Waals surface area (Å²) in [5, 5.41) is 4.02. The van der Waals surface area contributed by atoms with E-state index in [4.69, 9.17) is 0 Å². The van der Waals surface area contributed by atoms with Gasteiger partial charge in [-0.15, -0.1) is 0 Å². The van der Waals surface area contributed by atoms with Gasteiger partial charge in [-0.3, -0.25) is 5.43 Å². The molecule has 0 radical (unpaired) electrons. The monoisotopic (exact) mass is 217 g/mol. The molecule has 2 aromatic rings. The molecule has 0 aliphatic heterocycles. The Balaban J connectivity index is 2.02. The van der Waals surface area contributed by atoms with Gasteiger partial charge in [-0.2, -0.15) is 5.10 Å². The first-order valence-corrected chi connectivity index (χ1v) is 4.92. The molecule has 1 heterocycles. The number of hydrogen-bond acceptors (Lipinski definition) is 2. The topological polar surface area (TPSA) is 29.3 Å². The third-order valence-electron chi connectivity index (χ3n) is 2.20. The SMILES string of the molecule is Cn1cccc1C=NNc1cccc(F)c1. The predicted octanol–water partition coefficient (Wildman–Crippen LogP) is 2.61. The van der Waals surface area contributed by atoms with Gasteiger partial charge in [0.05, 0.1) is 17.6 Å². The van der Waals surface area contributed by atoms with Crippen LogP contribution in [0.3, 0.4) is 0 Å². The lowest BCUT2D eigenvalue weighted by atomic mass is 10.3. The Labute approximate surface area is 93.2 Å². The summed E-state index contributed by atoms with van der Waals surface area (Å²) in [5.41, 5.74) is 4.37. The highest BCUT2D eigenvalue weighted by Gasteiger charge is 1.93. The molecule has 0 aliphatic rings. The molecule has 2 rings (SSSR count). The lowest BCUT2D eigenvalue weighted by molar-refractivity contribution is 0.628. The fourth-order valence-electron chi connectivity index (χ4n) is 1.34. The van der Waals surface area contributed by atoms with Crippen LogP contribution in [0.2, 0.25) is 0 Å². The molecule has 16 heavy (non-hydrogen) atoms. The molecule has 0 atom stereocenters. The van der Waals surface area contributed by atoms with Gasteiger partial charge >= 0.3 is 0 Å². The summed E-state index contributed by atoms with van der Waals surface area (Å²) in [4.78, 5) is 0. The minimum absolute atomic E-state index is 0.279. The summed E-state index contributed by atoms with van der Waals surface area (Å²) in [5.74, 6) is -0.279. The first kappa shape index (κ1) is 10.4. The molecule has 0 aliphatic carbocycles. The summed E-state index contributed by atoms with van der Waals surface area (Å²) in [6.45, 7) is 0. The Hall–Kier alpha value is -2.10. The summed E-state index contributed by atoms with van der Waals surface area (Å²) in [6, 6.07) is 10.1. The molecule has 0 spiro atoms. The average molecular weight is 217 g/mol. The van der Waals surface area contributed by atoms with Crippen LogP contribution in [0.1, 0.15) is 5.69 Å². The van der Waals surface area contributed by atoms with Crippen molar-refractivity contribution in [2.45, 2.75) is 0 Å². The van der Waals surface area contributed by atoms with Crippen molar-refractivity contribution in [2.75, 3.05) is 5.43 Å². The van der Waals surface area contributed by atoms with Crippen LogP contribution in [-0.4, -0.2) is 10.8 Å². The van der Waals surface area contributed by atoms with E-state index >= 15 is 0 Å². The summed E-state index contributed by atoms with van der Waals surface area (Å²) >= 11 is 0. The lowest BCUT2D eigenvalue weighted by Crippen LogP contribution is -1.95. The minimum atomic E-state index is -0.279. The molecule has 82 valence electrons. The number of anilines is 1. The van der Waals surface area contributed by atoms with E-state index in [1.807, 2.05) is 29.9 Å². The van der Waals surface area contributed by atoms with E-state index in [1.54, 1.807) is 18.3 Å². The van der Waals surface area contributed by atoms with E-state index in [9.17, 15) is 4.39 Å². The highest BCUT2D eigenvalue weighted by molar-refractivity contribution is 5.78. The number of nitrogens with one attached hydrogen (secondary N) is 1. The van der Waals surface area contributed by atoms with Gasteiger partial charge in [-0.1, -0.05) is 6.07 Å². The number of hydrazone groups is 1. The molecule has 0 unspecified atom stereocenters. The lowest BCUT2D eigenvalue weighted by Gasteiger charge is -1.99. The second kappa shape index (κ2) is 4.61. The fourth-order valence-corrected chi connectivity index (χ4v) is 1.34. The van der Waals surface area contributed by atoms with E-state index in [-0.39, 0.29) is 5.82 Å². The quantitative estimate of drug-likeness (QED) is 0.621. The standard InChI is InChI=1S/C12H12FN3/c1-16-7-3-6-12(16)9-14-15-11-5-2-4-10(13)8-11/h2-9,15H,1H3. The third-order valence-corrected chi connectivity index (χ3v) is 2.20. The Bertz CT molecular complexity index is 502. The van der Waals surface area contributed by atoms with Crippen LogP contribution < -0.4 is 5.43 Å². The molecular weight excluding hydrogens is 205 g/mol. The number of hydrogen-bond donors (Lipinski definition) is 1. The Kier molecular flexibility index (Phi) is 3.00. The number of nitrogens with zero attached hydrogens (tertiary/aromatic N) is 2. The maximum absolute atomic E-state index is 12.8. The van der Waals surface area contributed by atoms with Crippen molar-refractivity contribution in [3.63, 3.8) is 0 Å². The van der Waals surface area contributed by atoms with E-state index < -0.39 is 0 Å². The van der Waals surface area contributed by atoms with Crippen LogP contribution in [0, 0.1) is 5.82 Å². The van der Waals surface area contributed by atoms with Crippen molar-refractivity contribution in [3.8, 4) is 0 Å². The normalized spacial score (nSPS) is 10.9. The van der Waals surface area contributed by atoms with E-state index in [0.717, 1.165) is 5.69 Å². The molecular formula is C12H12FN3. The molecule has 0 bridgehead atoms. The van der Waals surface area contributed by atoms with Gasteiger partial charge in [-0.25, -0.2) is 4.39 Å². The van der Waals surface area contributed by atoms with Crippen molar-refractivity contribution in [1.29, 1.82) is 0 Å². The van der Waals surface area contributed by atoms with Gasteiger partial charge in [0, 0.05) is 13.2 Å². The summed E-state index contributed by atoms with van der Waals surface area (Å²) < 4.78 is 14.8. The maximum atomic E-state index is 12.8. The average Bonchev–Trinajstić information content (AvgIpc) is 2.65. The molecule has 1 aromatic heterocycles. The van der Waals surface area contributed by atoms with Crippen molar-refractivity contribution in [3.05, 3.63) is 54.1 Å². The molecule has 1 N–H and O–H groups in total. The van der Waals surface area contributed by atoms with Crippen LogP contribution >= 0.6 is 0 Å². The van der Waals surface area contributed by atoms with Gasteiger partial charge in [0.15, 0.2) is 0 Å². The van der Waals surface area contributed by atoms with E-state index in [1.165, 1.54) is 12.1 Å². The number of aromatic nitrogens is 1. The van der Waals surface area contributed by atoms with Crippen LogP contribution in [0.25, 0.3) is 0 Å². The van der Waals surface area contributed by atoms with Gasteiger partial charge in [0.2, 0.25) is 0 Å². The highest BCUT2D eigenvalue weighted by Crippen LogP contribution is 2.08. The van der Waals surface area contributed by atoms with Crippen LogP contribution in [0.4, 0.5) is 10.1 Å². The van der Waals surface area contributed by atoms with Gasteiger partial charge in [0.25, 0.3) is 0 Å². The first-order valence-electron chi connectivity index (χ1n) is 4.92. The van der Waals surface area contributed by atoms with Gasteiger partial charge in [0.1, 0.15) is 5.82 Å². The second-order valence-electron chi connectivity index (χ2n) is 3.42. The van der Waals surface area contributed by atoms with Crippen LogP contribution in [0.5, 0.6) is 0 Å². The molecule has 0 saturated carbocycles. The van der Waals surface area contributed by atoms with Crippen molar-refractivity contribution in [2.24, 2.45) is 12.1 Å².